The molecular weight excluding hydrogens is 366 g/mol. The van der Waals surface area contributed by atoms with Crippen LogP contribution in [0, 0.1) is 0 Å². The van der Waals surface area contributed by atoms with E-state index in [1.165, 1.54) is 11.8 Å². The maximum absolute atomic E-state index is 11.8. The zero-order chi connectivity index (χ0) is 17.8. The smallest absolute Gasteiger partial charge is 0.322 e. The van der Waals surface area contributed by atoms with Crippen LogP contribution in [0.3, 0.4) is 0 Å². The first-order chi connectivity index (χ1) is 10.8. The molecule has 0 spiro atoms. The van der Waals surface area contributed by atoms with Gasteiger partial charge in [-0.1, -0.05) is 0 Å². The van der Waals surface area contributed by atoms with Crippen LogP contribution >= 0.6 is 24.2 Å². The summed E-state index contributed by atoms with van der Waals surface area (Å²) in [6.07, 6.45) is -0.269. The van der Waals surface area contributed by atoms with E-state index in [4.69, 9.17) is 21.1 Å². The zero-order valence-corrected chi connectivity index (χ0v) is 14.4. The normalized spacial score (nSPS) is 12.4. The third kappa shape index (κ3) is 11.9. The molecule has 0 rings (SSSR count). The van der Waals surface area contributed by atoms with E-state index in [2.05, 4.69) is 10.6 Å². The van der Waals surface area contributed by atoms with Crippen molar-refractivity contribution in [2.45, 2.75) is 24.9 Å². The summed E-state index contributed by atoms with van der Waals surface area (Å²) in [7, 11) is 0. The monoisotopic (exact) mass is 387 g/mol. The summed E-state index contributed by atoms with van der Waals surface area (Å²) in [5.74, 6) is -3.20. The number of aliphatic hydroxyl groups is 1. The van der Waals surface area contributed by atoms with Crippen molar-refractivity contribution in [2.24, 2.45) is 5.73 Å². The molecule has 0 saturated carbocycles. The van der Waals surface area contributed by atoms with Gasteiger partial charge >= 0.3 is 11.9 Å². The van der Waals surface area contributed by atoms with Crippen LogP contribution in [-0.4, -0.2) is 75.8 Å². The molecule has 0 aromatic rings. The first-order valence-electron chi connectivity index (χ1n) is 6.73. The van der Waals surface area contributed by atoms with Crippen LogP contribution in [-0.2, 0) is 19.2 Å². The molecule has 24 heavy (non-hydrogen) atoms. The Balaban J connectivity index is 0. The molecule has 2 atom stereocenters. The molecule has 10 nitrogen and oxygen atoms in total. The number of carbonyl (C=O) groups excluding carboxylic acids is 2. The maximum atomic E-state index is 11.8. The van der Waals surface area contributed by atoms with Crippen molar-refractivity contribution in [3.63, 3.8) is 0 Å². The van der Waals surface area contributed by atoms with Crippen LogP contribution in [0.25, 0.3) is 0 Å². The topological polar surface area (TPSA) is 179 Å². The Kier molecular flexibility index (Phi) is 14.2. The van der Waals surface area contributed by atoms with Gasteiger partial charge in [-0.3, -0.25) is 19.2 Å². The van der Waals surface area contributed by atoms with Gasteiger partial charge in [-0.15, -0.1) is 12.4 Å². The van der Waals surface area contributed by atoms with Crippen molar-refractivity contribution >= 4 is 47.9 Å². The van der Waals surface area contributed by atoms with E-state index in [0.717, 1.165) is 0 Å². The number of hydrogen-bond acceptors (Lipinski definition) is 7. The van der Waals surface area contributed by atoms with Crippen molar-refractivity contribution in [3.8, 4) is 0 Å². The number of carboxylic acid groups (broad SMARTS) is 2. The molecule has 7 N–H and O–H groups in total. The van der Waals surface area contributed by atoms with E-state index in [9.17, 15) is 19.2 Å². The molecule has 0 aliphatic carbocycles. The lowest BCUT2D eigenvalue weighted by Crippen LogP contribution is -2.49. The molecule has 0 aromatic heterocycles. The van der Waals surface area contributed by atoms with Gasteiger partial charge in [-0.05, 0) is 6.42 Å². The largest absolute Gasteiger partial charge is 0.480 e. The van der Waals surface area contributed by atoms with Crippen molar-refractivity contribution < 1.29 is 34.5 Å². The Morgan fingerprint density at radius 2 is 1.79 bits per heavy atom. The number of carbonyl (C=O) groups is 4. The van der Waals surface area contributed by atoms with Crippen LogP contribution in [0.5, 0.6) is 0 Å². The number of nitrogens with one attached hydrogen (secondary N) is 2. The predicted octanol–water partition coefficient (Wildman–Crippen LogP) is -1.99. The van der Waals surface area contributed by atoms with Gasteiger partial charge in [0, 0.05) is 17.9 Å². The van der Waals surface area contributed by atoms with Crippen molar-refractivity contribution in [2.75, 3.05) is 24.7 Å². The van der Waals surface area contributed by atoms with Crippen molar-refractivity contribution in [1.82, 2.24) is 10.6 Å². The predicted molar refractivity (Wildman–Crippen MR) is 89.1 cm³/mol. The Morgan fingerprint density at radius 1 is 1.17 bits per heavy atom. The highest BCUT2D eigenvalue weighted by atomic mass is 35.5. The Bertz CT molecular complexity index is 439. The highest BCUT2D eigenvalue weighted by Gasteiger charge is 2.22. The van der Waals surface area contributed by atoms with Crippen molar-refractivity contribution in [3.05, 3.63) is 0 Å². The van der Waals surface area contributed by atoms with E-state index < -0.39 is 42.4 Å². The third-order valence-corrected chi connectivity index (χ3v) is 3.63. The fourth-order valence-electron chi connectivity index (χ4n) is 1.41. The minimum absolute atomic E-state index is 0. The Hall–Kier alpha value is -1.56. The lowest BCUT2D eigenvalue weighted by Gasteiger charge is -2.18. The van der Waals surface area contributed by atoms with Gasteiger partial charge in [0.1, 0.15) is 18.6 Å². The summed E-state index contributed by atoms with van der Waals surface area (Å²) in [6, 6.07) is -2.16. The van der Waals surface area contributed by atoms with Crippen LogP contribution in [0.4, 0.5) is 0 Å². The minimum Gasteiger partial charge on any atom is -0.480 e. The second-order valence-electron chi connectivity index (χ2n) is 4.51. The van der Waals surface area contributed by atoms with E-state index in [1.807, 2.05) is 0 Å². The molecule has 0 radical (unpaired) electrons. The molecule has 0 aliphatic heterocycles. The summed E-state index contributed by atoms with van der Waals surface area (Å²) >= 11 is 1.20. The van der Waals surface area contributed by atoms with E-state index >= 15 is 0 Å². The summed E-state index contributed by atoms with van der Waals surface area (Å²) in [5, 5.41) is 30.4. The third-order valence-electron chi connectivity index (χ3n) is 2.59. The van der Waals surface area contributed by atoms with E-state index in [1.54, 1.807) is 0 Å². The number of nitrogens with two attached hydrogens (primary N) is 1. The molecule has 0 fully saturated rings. The van der Waals surface area contributed by atoms with E-state index in [-0.39, 0.29) is 37.6 Å². The minimum atomic E-state index is -1.23. The fourth-order valence-corrected chi connectivity index (χ4v) is 2.18. The summed E-state index contributed by atoms with van der Waals surface area (Å²) in [4.78, 5) is 44.6. The number of aliphatic carboxylic acids is 2. The molecule has 0 heterocycles. The summed E-state index contributed by atoms with van der Waals surface area (Å²) in [5.41, 5.74) is 5.28. The fraction of sp³-hybridized carbons (Fsp3) is 0.667. The summed E-state index contributed by atoms with van der Waals surface area (Å²) in [6.45, 7) is -0.685. The molecule has 0 aliphatic rings. The molecule has 140 valence electrons. The van der Waals surface area contributed by atoms with Crippen LogP contribution in [0.2, 0.25) is 0 Å². The first-order valence-corrected chi connectivity index (χ1v) is 7.89. The van der Waals surface area contributed by atoms with Gasteiger partial charge in [0.2, 0.25) is 11.8 Å². The molecule has 0 bridgehead atoms. The molecular formula is C12H22ClN3O7S. The van der Waals surface area contributed by atoms with E-state index in [0.29, 0.717) is 5.75 Å². The SMILES string of the molecule is Cl.N[C@@H](CCC(=O)N[C@@H](CSCCO)C(=O)NCC(=O)O)C(=O)O. The summed E-state index contributed by atoms with van der Waals surface area (Å²) < 4.78 is 0. The highest BCUT2D eigenvalue weighted by molar-refractivity contribution is 7.99. The molecule has 0 unspecified atom stereocenters. The average Bonchev–Trinajstić information content (AvgIpc) is 2.49. The van der Waals surface area contributed by atoms with Gasteiger partial charge in [0.15, 0.2) is 0 Å². The number of hydrogen-bond donors (Lipinski definition) is 6. The van der Waals surface area contributed by atoms with Gasteiger partial charge in [0.05, 0.1) is 6.61 Å². The number of amides is 2. The quantitative estimate of drug-likeness (QED) is 0.207. The van der Waals surface area contributed by atoms with Crippen LogP contribution in [0.1, 0.15) is 12.8 Å². The number of thioether (sulfide) groups is 1. The standard InChI is InChI=1S/C12H21N3O7S.ClH/c13-7(12(21)22)1-2-9(17)15-8(6-23-4-3-16)11(20)14-5-10(18)19;/h7-8,16H,1-6,13H2,(H,14,20)(H,15,17)(H,18,19)(H,21,22);1H/t7-,8-;/m0./s1. The van der Waals surface area contributed by atoms with Gasteiger partial charge in [0.25, 0.3) is 0 Å². The average molecular weight is 388 g/mol. The Morgan fingerprint density at radius 3 is 2.29 bits per heavy atom. The second-order valence-corrected chi connectivity index (χ2v) is 5.66. The first kappa shape index (κ1) is 24.7. The van der Waals surface area contributed by atoms with Crippen molar-refractivity contribution in [1.29, 1.82) is 0 Å². The van der Waals surface area contributed by atoms with Crippen LogP contribution in [0.15, 0.2) is 0 Å². The maximum Gasteiger partial charge on any atom is 0.322 e. The number of halogens is 1. The van der Waals surface area contributed by atoms with Crippen LogP contribution < -0.4 is 16.4 Å². The number of rotatable bonds is 12. The van der Waals surface area contributed by atoms with Gasteiger partial charge in [-0.25, -0.2) is 0 Å². The number of aliphatic hydroxyl groups excluding tert-OH is 1. The molecule has 12 heteroatoms. The zero-order valence-electron chi connectivity index (χ0n) is 12.8. The van der Waals surface area contributed by atoms with Gasteiger partial charge in [-0.2, -0.15) is 11.8 Å². The molecule has 2 amide bonds. The second kappa shape index (κ2) is 13.8. The lowest BCUT2D eigenvalue weighted by atomic mass is 10.1. The lowest BCUT2D eigenvalue weighted by molar-refractivity contribution is -0.139. The molecule has 0 aromatic carbocycles. The van der Waals surface area contributed by atoms with Gasteiger partial charge < -0.3 is 31.7 Å². The molecule has 0 saturated heterocycles. The number of carboxylic acids is 2. The highest BCUT2D eigenvalue weighted by Crippen LogP contribution is 2.04. The Labute approximate surface area is 148 Å².